The van der Waals surface area contributed by atoms with Crippen LogP contribution in [0.1, 0.15) is 23.7 Å². The average molecular weight is 495 g/mol. The summed E-state index contributed by atoms with van der Waals surface area (Å²) in [4.78, 5) is 23.2. The lowest BCUT2D eigenvalue weighted by Gasteiger charge is -2.07. The predicted molar refractivity (Wildman–Crippen MR) is 145 cm³/mol. The number of rotatable bonds is 5. The number of hydrogen-bond donors (Lipinski definition) is 0. The molecule has 0 radical (unpaired) electrons. The number of benzene rings is 2. The minimum Gasteiger partial charge on any atom is -0.283 e. The van der Waals surface area contributed by atoms with Crippen molar-refractivity contribution in [1.29, 1.82) is 0 Å². The van der Waals surface area contributed by atoms with Crippen molar-refractivity contribution in [2.75, 3.05) is 0 Å². The number of aryl methyl sites for hydroxylation is 1. The first-order valence-corrected chi connectivity index (χ1v) is 12.4. The molecule has 0 aliphatic heterocycles. The van der Waals surface area contributed by atoms with Crippen molar-refractivity contribution in [1.82, 2.24) is 19.0 Å². The van der Waals surface area contributed by atoms with Crippen LogP contribution < -0.4 is 10.4 Å². The van der Waals surface area contributed by atoms with Crippen LogP contribution in [0, 0.1) is 13.8 Å². The van der Waals surface area contributed by atoms with Gasteiger partial charge < -0.3 is 0 Å². The normalized spacial score (nSPS) is 12.3. The summed E-state index contributed by atoms with van der Waals surface area (Å²) in [7, 11) is 1.87. The molecule has 2 aromatic carbocycles. The summed E-state index contributed by atoms with van der Waals surface area (Å²) >= 11 is 1.45. The van der Waals surface area contributed by atoms with E-state index in [0.717, 1.165) is 33.9 Å². The van der Waals surface area contributed by atoms with Gasteiger partial charge >= 0.3 is 0 Å². The van der Waals surface area contributed by atoms with Gasteiger partial charge in [-0.15, -0.1) is 11.3 Å². The van der Waals surface area contributed by atoms with Gasteiger partial charge in [0.25, 0.3) is 5.56 Å². The topological polar surface area (TPSA) is 69.5 Å². The highest BCUT2D eigenvalue weighted by atomic mass is 32.1. The molecule has 0 atom stereocenters. The molecule has 0 spiro atoms. The van der Waals surface area contributed by atoms with Crippen LogP contribution in [-0.2, 0) is 7.05 Å². The molecule has 0 unspecified atom stereocenters. The lowest BCUT2D eigenvalue weighted by atomic mass is 10.1. The van der Waals surface area contributed by atoms with E-state index in [1.807, 2.05) is 78.1 Å². The van der Waals surface area contributed by atoms with Crippen LogP contribution in [0.3, 0.4) is 0 Å². The van der Waals surface area contributed by atoms with E-state index in [2.05, 4.69) is 36.2 Å². The Bertz CT molecular complexity index is 1670. The van der Waals surface area contributed by atoms with Gasteiger partial charge in [0.15, 0.2) is 5.69 Å². The van der Waals surface area contributed by atoms with Gasteiger partial charge in [0.2, 0.25) is 4.80 Å². The molecule has 8 heteroatoms. The summed E-state index contributed by atoms with van der Waals surface area (Å²) in [5.41, 5.74) is 6.59. The zero-order chi connectivity index (χ0) is 25.2. The van der Waals surface area contributed by atoms with Crippen LogP contribution in [-0.4, -0.2) is 24.7 Å². The van der Waals surface area contributed by atoms with Crippen LogP contribution in [0.2, 0.25) is 0 Å². The Hall–Kier alpha value is -4.30. The molecule has 5 rings (SSSR count). The molecule has 5 aromatic rings. The number of thiazole rings is 1. The van der Waals surface area contributed by atoms with Gasteiger partial charge in [0.05, 0.1) is 22.8 Å². The Kier molecular flexibility index (Phi) is 6.35. The highest BCUT2D eigenvalue weighted by Gasteiger charge is 2.17. The highest BCUT2D eigenvalue weighted by Crippen LogP contribution is 2.22. The molecule has 7 nitrogen and oxygen atoms in total. The monoisotopic (exact) mass is 494 g/mol. The maximum Gasteiger partial charge on any atom is 0.297 e. The van der Waals surface area contributed by atoms with Crippen molar-refractivity contribution < 1.29 is 0 Å². The van der Waals surface area contributed by atoms with Crippen molar-refractivity contribution in [2.24, 2.45) is 17.1 Å². The van der Waals surface area contributed by atoms with Crippen LogP contribution in [0.4, 0.5) is 5.69 Å². The molecule has 0 bridgehead atoms. The second-order valence-corrected chi connectivity index (χ2v) is 9.37. The molecule has 3 aromatic heterocycles. The molecule has 0 N–H and O–H groups in total. The Morgan fingerprint density at radius 3 is 2.42 bits per heavy atom. The summed E-state index contributed by atoms with van der Waals surface area (Å²) < 4.78 is 5.28. The van der Waals surface area contributed by atoms with Gasteiger partial charge in [-0.25, -0.2) is 14.4 Å². The molecule has 3 heterocycles. The number of para-hydroxylation sites is 1. The third-order valence-electron chi connectivity index (χ3n) is 6.09. The van der Waals surface area contributed by atoms with Gasteiger partial charge in [0, 0.05) is 35.9 Å². The quantitative estimate of drug-likeness (QED) is 0.314. The molecular weight excluding hydrogens is 468 g/mol. The molecular formula is C28H26N6OS. The van der Waals surface area contributed by atoms with Crippen LogP contribution in [0.5, 0.6) is 0 Å². The van der Waals surface area contributed by atoms with E-state index in [-0.39, 0.29) is 5.56 Å². The van der Waals surface area contributed by atoms with Crippen molar-refractivity contribution in [3.05, 3.63) is 116 Å². The Morgan fingerprint density at radius 2 is 1.72 bits per heavy atom. The average Bonchev–Trinajstić information content (AvgIpc) is 3.39. The maximum atomic E-state index is 13.5. The number of aromatic nitrogens is 4. The Balaban J connectivity index is 1.73. The summed E-state index contributed by atoms with van der Waals surface area (Å²) in [6.07, 6.45) is 3.52. The standard InChI is InChI=1S/C28H26N6OS/c1-19-12-14-22(15-13-19)25-18-36-28(33(25)31-20(2)23-9-8-16-29-17-23)30-26-21(3)32(4)34(27(26)35)24-10-6-5-7-11-24/h5-18H,1-4H3. The minimum absolute atomic E-state index is 0.175. The van der Waals surface area contributed by atoms with Crippen LogP contribution in [0.15, 0.2) is 99.4 Å². The third-order valence-corrected chi connectivity index (χ3v) is 6.91. The summed E-state index contributed by atoms with van der Waals surface area (Å²) in [5, 5.41) is 6.95. The summed E-state index contributed by atoms with van der Waals surface area (Å²) in [6.45, 7) is 5.91. The van der Waals surface area contributed by atoms with Crippen molar-refractivity contribution in [3.63, 3.8) is 0 Å². The van der Waals surface area contributed by atoms with E-state index >= 15 is 0 Å². The predicted octanol–water partition coefficient (Wildman–Crippen LogP) is 5.22. The van der Waals surface area contributed by atoms with E-state index in [1.165, 1.54) is 16.9 Å². The first-order chi connectivity index (χ1) is 17.4. The van der Waals surface area contributed by atoms with Gasteiger partial charge in [-0.1, -0.05) is 54.1 Å². The van der Waals surface area contributed by atoms with Crippen molar-refractivity contribution in [2.45, 2.75) is 20.8 Å². The second-order valence-electron chi connectivity index (χ2n) is 8.53. The van der Waals surface area contributed by atoms with Gasteiger partial charge in [-0.05, 0) is 39.0 Å². The maximum absolute atomic E-state index is 13.5. The van der Waals surface area contributed by atoms with Crippen molar-refractivity contribution >= 4 is 22.7 Å². The molecule has 0 amide bonds. The summed E-state index contributed by atoms with van der Waals surface area (Å²) in [6, 6.07) is 21.7. The number of nitrogens with zero attached hydrogens (tertiary/aromatic N) is 6. The van der Waals surface area contributed by atoms with Gasteiger partial charge in [-0.3, -0.25) is 14.5 Å². The second kappa shape index (κ2) is 9.75. The van der Waals surface area contributed by atoms with E-state index < -0.39 is 0 Å². The zero-order valence-corrected chi connectivity index (χ0v) is 21.4. The summed E-state index contributed by atoms with van der Waals surface area (Å²) in [5.74, 6) is 0. The fraction of sp³-hybridized carbons (Fsp3) is 0.143. The lowest BCUT2D eigenvalue weighted by Crippen LogP contribution is -2.20. The first kappa shape index (κ1) is 23.4. The fourth-order valence-corrected chi connectivity index (χ4v) is 4.80. The van der Waals surface area contributed by atoms with Crippen LogP contribution in [0.25, 0.3) is 16.9 Å². The van der Waals surface area contributed by atoms with E-state index in [0.29, 0.717) is 10.5 Å². The van der Waals surface area contributed by atoms with Crippen LogP contribution >= 0.6 is 11.3 Å². The molecule has 0 saturated carbocycles. The molecule has 0 saturated heterocycles. The Labute approximate surface area is 213 Å². The number of hydrogen-bond acceptors (Lipinski definition) is 5. The zero-order valence-electron chi connectivity index (χ0n) is 20.6. The van der Waals surface area contributed by atoms with Crippen molar-refractivity contribution in [3.8, 4) is 16.9 Å². The molecule has 0 fully saturated rings. The van der Waals surface area contributed by atoms with Gasteiger partial charge in [-0.2, -0.15) is 5.10 Å². The molecule has 0 aliphatic carbocycles. The van der Waals surface area contributed by atoms with E-state index in [1.54, 1.807) is 17.1 Å². The fourth-order valence-electron chi connectivity index (χ4n) is 3.96. The molecule has 0 aliphatic rings. The highest BCUT2D eigenvalue weighted by molar-refractivity contribution is 7.07. The lowest BCUT2D eigenvalue weighted by molar-refractivity contribution is 0.630. The molecule has 36 heavy (non-hydrogen) atoms. The SMILES string of the molecule is CC(=Nn1c(-c2ccc(C)cc2)csc1=Nc1c(C)n(C)n(-c2ccccc2)c1=O)c1cccnc1. The van der Waals surface area contributed by atoms with E-state index in [4.69, 9.17) is 10.1 Å². The Morgan fingerprint density at radius 1 is 0.972 bits per heavy atom. The number of pyridine rings is 1. The smallest absolute Gasteiger partial charge is 0.283 e. The first-order valence-electron chi connectivity index (χ1n) is 11.6. The third kappa shape index (κ3) is 4.38. The minimum atomic E-state index is -0.175. The molecule has 180 valence electrons. The van der Waals surface area contributed by atoms with E-state index in [9.17, 15) is 4.79 Å². The largest absolute Gasteiger partial charge is 0.297 e. The van der Waals surface area contributed by atoms with Gasteiger partial charge in [0.1, 0.15) is 0 Å².